The predicted molar refractivity (Wildman–Crippen MR) is 116 cm³/mol. The lowest BCUT2D eigenvalue weighted by Gasteiger charge is -2.33. The van der Waals surface area contributed by atoms with E-state index in [2.05, 4.69) is 15.6 Å². The van der Waals surface area contributed by atoms with Crippen LogP contribution in [-0.4, -0.2) is 36.6 Å². The van der Waals surface area contributed by atoms with E-state index >= 15 is 0 Å². The van der Waals surface area contributed by atoms with Gasteiger partial charge in [-0.15, -0.1) is 12.6 Å². The number of rotatable bonds is 6. The van der Waals surface area contributed by atoms with Gasteiger partial charge in [-0.05, 0) is 48.0 Å². The molecule has 7 nitrogen and oxygen atoms in total. The van der Waals surface area contributed by atoms with Crippen LogP contribution in [0.3, 0.4) is 0 Å². The van der Waals surface area contributed by atoms with Gasteiger partial charge in [0.1, 0.15) is 5.82 Å². The Morgan fingerprint density at radius 3 is 2.94 bits per heavy atom. The van der Waals surface area contributed by atoms with Crippen LogP contribution in [0.4, 0.5) is 16.0 Å². The number of fused-ring (bicyclic) bond motifs is 1. The Balaban J connectivity index is 1.69. The number of carbonyl (C=O) groups is 1. The number of aliphatic imine (C=N–C) groups is 1. The van der Waals surface area contributed by atoms with Crippen LogP contribution in [0.25, 0.3) is 11.4 Å². The van der Waals surface area contributed by atoms with Crippen LogP contribution in [0.2, 0.25) is 0 Å². The Labute approximate surface area is 179 Å². The van der Waals surface area contributed by atoms with Crippen molar-refractivity contribution in [3.63, 3.8) is 0 Å². The maximum absolute atomic E-state index is 13.2. The molecule has 0 bridgehead atoms. The number of hydrogen-bond donors (Lipinski definition) is 2. The first-order valence-corrected chi connectivity index (χ1v) is 10.1. The molecule has 0 spiro atoms. The van der Waals surface area contributed by atoms with Gasteiger partial charge in [0, 0.05) is 17.8 Å². The van der Waals surface area contributed by atoms with Crippen molar-refractivity contribution in [3.05, 3.63) is 64.4 Å². The summed E-state index contributed by atoms with van der Waals surface area (Å²) in [5.41, 5.74) is 1.18. The molecule has 2 aromatic rings. The van der Waals surface area contributed by atoms with Gasteiger partial charge in [-0.2, -0.15) is 0 Å². The summed E-state index contributed by atoms with van der Waals surface area (Å²) in [6, 6.07) is 5.55. The number of furan rings is 1. The molecule has 31 heavy (non-hydrogen) atoms. The summed E-state index contributed by atoms with van der Waals surface area (Å²) in [5, 5.41) is 18.1. The van der Waals surface area contributed by atoms with Gasteiger partial charge in [-0.3, -0.25) is 0 Å². The predicted octanol–water partition coefficient (Wildman–Crippen LogP) is 5.03. The van der Waals surface area contributed by atoms with Gasteiger partial charge in [0.25, 0.3) is 0 Å². The molecule has 2 atom stereocenters. The van der Waals surface area contributed by atoms with E-state index < -0.39 is 11.8 Å². The van der Waals surface area contributed by atoms with Crippen LogP contribution in [0.1, 0.15) is 30.0 Å². The van der Waals surface area contributed by atoms with Crippen molar-refractivity contribution in [3.8, 4) is 5.75 Å². The summed E-state index contributed by atoms with van der Waals surface area (Å²) in [7, 11) is 0. The van der Waals surface area contributed by atoms with Crippen molar-refractivity contribution in [2.24, 2.45) is 16.8 Å². The van der Waals surface area contributed by atoms with Gasteiger partial charge in [0.15, 0.2) is 17.1 Å². The highest BCUT2D eigenvalue weighted by atomic mass is 19.1. The van der Waals surface area contributed by atoms with E-state index in [0.717, 1.165) is 5.57 Å². The van der Waals surface area contributed by atoms with E-state index in [4.69, 9.17) is 9.15 Å². The second-order valence-electron chi connectivity index (χ2n) is 7.80. The first kappa shape index (κ1) is 20.9. The largest absolute Gasteiger partial charge is 0.636 e. The topological polar surface area (TPSA) is 98.2 Å². The lowest BCUT2D eigenvalue weighted by molar-refractivity contribution is 0.0457. The maximum atomic E-state index is 13.2. The number of hydrogen-bond acceptors (Lipinski definition) is 6. The average molecular weight is 424 g/mol. The van der Waals surface area contributed by atoms with E-state index in [9.17, 15) is 14.3 Å². The van der Waals surface area contributed by atoms with Crippen molar-refractivity contribution in [1.82, 2.24) is 0 Å². The van der Waals surface area contributed by atoms with Crippen LogP contribution >= 0.6 is 0 Å². The normalized spacial score (nSPS) is 21.0. The highest BCUT2D eigenvalue weighted by molar-refractivity contribution is 6.00. The molecule has 0 fully saturated rings. The molecule has 0 radical (unpaired) electrons. The van der Waals surface area contributed by atoms with E-state index in [0.29, 0.717) is 12.2 Å². The lowest BCUT2D eigenvalue weighted by Crippen LogP contribution is -2.16. The number of carbonyl (C=O) groups excluding carboxylic acids is 1. The molecular weight excluding hydrogens is 401 g/mol. The minimum absolute atomic E-state index is 0.0140. The number of anilines is 2. The molecule has 4 rings (SSSR count). The lowest BCUT2D eigenvalue weighted by atomic mass is 9.96. The molecular formula is C23H23FN3O4-. The molecule has 0 amide bonds. The number of nitrogens with one attached hydrogen (secondary N) is 1. The van der Waals surface area contributed by atoms with Crippen LogP contribution in [0.5, 0.6) is 5.75 Å². The minimum Gasteiger partial charge on any atom is -0.636 e. The van der Waals surface area contributed by atoms with E-state index in [1.54, 1.807) is 12.3 Å². The zero-order valence-corrected chi connectivity index (χ0v) is 17.2. The Morgan fingerprint density at radius 2 is 2.19 bits per heavy atom. The fraction of sp³-hybridized carbons (Fsp3) is 0.304. The van der Waals surface area contributed by atoms with Crippen LogP contribution < -0.4 is 5.32 Å². The number of aromatic hydroxyl groups is 1. The summed E-state index contributed by atoms with van der Waals surface area (Å²) in [6.07, 6.45) is 7.14. The Hall–Kier alpha value is -3.39. The van der Waals surface area contributed by atoms with Gasteiger partial charge in [0.2, 0.25) is 5.88 Å². The quantitative estimate of drug-likeness (QED) is 0.500. The fourth-order valence-electron chi connectivity index (χ4n) is 3.34. The number of esters is 1. The molecule has 162 valence electrons. The molecule has 2 unspecified atom stereocenters. The molecule has 0 saturated carbocycles. The molecule has 0 aliphatic carbocycles. The molecule has 1 aromatic carbocycles. The standard InChI is InChI=1S/C23H23FN3O4/c1-13(2)12-30-23(29)19-20(28)18(10-14-11-26-21-17(14)4-3-9-25-21)31-22(19)27-16-7-5-15(24)6-8-16/h3-8,10-11,13,17,21,27-28H,9,12H2,1-2H3/q-1. The van der Waals surface area contributed by atoms with Crippen LogP contribution in [0, 0.1) is 17.7 Å². The molecule has 3 heterocycles. The number of halogens is 1. The van der Waals surface area contributed by atoms with Crippen molar-refractivity contribution in [2.45, 2.75) is 20.0 Å². The third kappa shape index (κ3) is 4.54. The number of ether oxygens (including phenoxy) is 1. The Kier molecular flexibility index (Phi) is 5.90. The molecule has 8 heteroatoms. The number of benzene rings is 1. The van der Waals surface area contributed by atoms with E-state index in [-0.39, 0.29) is 47.6 Å². The third-order valence-corrected chi connectivity index (χ3v) is 4.88. The first-order chi connectivity index (χ1) is 14.9. The summed E-state index contributed by atoms with van der Waals surface area (Å²) in [6.45, 7) is 4.64. The summed E-state index contributed by atoms with van der Waals surface area (Å²) in [5.74, 6) is -1.24. The molecule has 2 aliphatic heterocycles. The monoisotopic (exact) mass is 424 g/mol. The van der Waals surface area contributed by atoms with Crippen LogP contribution in [0.15, 0.2) is 51.4 Å². The van der Waals surface area contributed by atoms with Gasteiger partial charge < -0.3 is 29.9 Å². The second kappa shape index (κ2) is 8.77. The highest BCUT2D eigenvalue weighted by Crippen LogP contribution is 2.39. The molecule has 2 N–H and O–H groups in total. The zero-order valence-electron chi connectivity index (χ0n) is 17.2. The van der Waals surface area contributed by atoms with Crippen molar-refractivity contribution in [1.29, 1.82) is 0 Å². The van der Waals surface area contributed by atoms with Gasteiger partial charge in [-0.25, -0.2) is 9.18 Å². The summed E-state index contributed by atoms with van der Waals surface area (Å²) >= 11 is 0. The minimum atomic E-state index is -0.713. The Bertz CT molecular complexity index is 1050. The van der Waals surface area contributed by atoms with Gasteiger partial charge in [0.05, 0.1) is 6.61 Å². The van der Waals surface area contributed by atoms with Gasteiger partial charge >= 0.3 is 5.97 Å². The van der Waals surface area contributed by atoms with Crippen LogP contribution in [-0.2, 0) is 4.74 Å². The summed E-state index contributed by atoms with van der Waals surface area (Å²) in [4.78, 5) is 17.1. The Morgan fingerprint density at radius 1 is 1.42 bits per heavy atom. The summed E-state index contributed by atoms with van der Waals surface area (Å²) < 4.78 is 24.3. The smallest absolute Gasteiger partial charge is 0.347 e. The second-order valence-corrected chi connectivity index (χ2v) is 7.80. The van der Waals surface area contributed by atoms with E-state index in [1.165, 1.54) is 24.3 Å². The fourth-order valence-corrected chi connectivity index (χ4v) is 3.34. The molecule has 1 aromatic heterocycles. The molecule has 0 saturated heterocycles. The zero-order chi connectivity index (χ0) is 22.0. The molecule has 2 aliphatic rings. The number of nitrogens with zero attached hydrogens (tertiary/aromatic N) is 2. The van der Waals surface area contributed by atoms with Gasteiger partial charge in [-0.1, -0.05) is 19.9 Å². The van der Waals surface area contributed by atoms with Crippen molar-refractivity contribution in [2.75, 3.05) is 18.5 Å². The average Bonchev–Trinajstić information content (AvgIpc) is 3.29. The van der Waals surface area contributed by atoms with Crippen molar-refractivity contribution < 1.29 is 23.4 Å². The third-order valence-electron chi connectivity index (χ3n) is 4.88. The van der Waals surface area contributed by atoms with Crippen molar-refractivity contribution >= 4 is 29.8 Å². The maximum Gasteiger partial charge on any atom is 0.347 e. The van der Waals surface area contributed by atoms with E-state index in [1.807, 2.05) is 26.0 Å². The SMILES string of the molecule is CC(C)COC(=O)c1c(Nc2ccc(F)cc2)oc(C=C2C=NC3[N-]CC=CC23)c1O. The highest BCUT2D eigenvalue weighted by Gasteiger charge is 2.28. The first-order valence-electron chi connectivity index (χ1n) is 10.1.